The van der Waals surface area contributed by atoms with Crippen LogP contribution in [0.4, 0.5) is 18.9 Å². The molecule has 1 amide bonds. The maximum Gasteiger partial charge on any atom is 0.422 e. The number of hydroxylamine groups is 1. The van der Waals surface area contributed by atoms with Crippen molar-refractivity contribution < 1.29 is 32.1 Å². The standard InChI is InChI=1S/C17H15F3N2O4S/c18-17(19,20)10-26-12-7-5-11(6-8-12)22-14(9-16(23)21-24)13-3-1-2-4-15(13)27(22)25/h1-8,14,24H,9-10H2,(H,21,23). The van der Waals surface area contributed by atoms with Crippen LogP contribution < -0.4 is 14.5 Å². The summed E-state index contributed by atoms with van der Waals surface area (Å²) < 4.78 is 55.8. The Hall–Kier alpha value is -2.59. The molecular formula is C17H15F3N2O4S. The molecule has 2 atom stereocenters. The van der Waals surface area contributed by atoms with Gasteiger partial charge in [0.05, 0.1) is 23.0 Å². The van der Waals surface area contributed by atoms with E-state index in [-0.39, 0.29) is 12.2 Å². The number of hydrogen-bond acceptors (Lipinski definition) is 4. The first kappa shape index (κ1) is 19.2. The van der Waals surface area contributed by atoms with Crippen molar-refractivity contribution in [3.05, 3.63) is 54.1 Å². The molecule has 0 aromatic heterocycles. The monoisotopic (exact) mass is 400 g/mol. The van der Waals surface area contributed by atoms with Crippen LogP contribution in [0.15, 0.2) is 53.4 Å². The molecule has 0 spiro atoms. The fourth-order valence-corrected chi connectivity index (χ4v) is 4.35. The Labute approximate surface area is 155 Å². The number of hydrogen-bond donors (Lipinski definition) is 2. The van der Waals surface area contributed by atoms with Gasteiger partial charge in [-0.05, 0) is 35.9 Å². The van der Waals surface area contributed by atoms with Gasteiger partial charge in [-0.3, -0.25) is 14.3 Å². The normalized spacial score (nSPS) is 18.9. The van der Waals surface area contributed by atoms with Gasteiger partial charge in [-0.1, -0.05) is 18.2 Å². The molecule has 10 heteroatoms. The average Bonchev–Trinajstić information content (AvgIpc) is 2.92. The minimum Gasteiger partial charge on any atom is -0.484 e. The molecule has 0 saturated carbocycles. The van der Waals surface area contributed by atoms with E-state index in [1.54, 1.807) is 29.7 Å². The highest BCUT2D eigenvalue weighted by Gasteiger charge is 2.38. The summed E-state index contributed by atoms with van der Waals surface area (Å²) in [6, 6.07) is 11.9. The second-order valence-corrected chi connectivity index (χ2v) is 7.10. The van der Waals surface area contributed by atoms with Crippen LogP contribution in [0.2, 0.25) is 0 Å². The van der Waals surface area contributed by atoms with Gasteiger partial charge in [0.15, 0.2) is 17.6 Å². The van der Waals surface area contributed by atoms with Crippen LogP contribution in [0.5, 0.6) is 5.75 Å². The summed E-state index contributed by atoms with van der Waals surface area (Å²) in [5, 5.41) is 8.82. The summed E-state index contributed by atoms with van der Waals surface area (Å²) in [5.74, 6) is -0.632. The first-order chi connectivity index (χ1) is 12.8. The number of ether oxygens (including phenoxy) is 1. The average molecular weight is 400 g/mol. The van der Waals surface area contributed by atoms with Gasteiger partial charge >= 0.3 is 6.18 Å². The van der Waals surface area contributed by atoms with Gasteiger partial charge in [-0.2, -0.15) is 13.2 Å². The molecule has 6 nitrogen and oxygen atoms in total. The first-order valence-corrected chi connectivity index (χ1v) is 8.93. The fraction of sp³-hybridized carbons (Fsp3) is 0.235. The molecule has 144 valence electrons. The van der Waals surface area contributed by atoms with Crippen LogP contribution in [0.25, 0.3) is 0 Å². The summed E-state index contributed by atoms with van der Waals surface area (Å²) in [6.45, 7) is -1.41. The Morgan fingerprint density at radius 3 is 2.48 bits per heavy atom. The lowest BCUT2D eigenvalue weighted by Crippen LogP contribution is -2.29. The second kappa shape index (κ2) is 7.57. The smallest absolute Gasteiger partial charge is 0.422 e. The third kappa shape index (κ3) is 4.22. The lowest BCUT2D eigenvalue weighted by atomic mass is 10.0. The van der Waals surface area contributed by atoms with Crippen molar-refractivity contribution in [3.8, 4) is 5.75 Å². The van der Waals surface area contributed by atoms with Crippen LogP contribution >= 0.6 is 0 Å². The molecule has 0 saturated heterocycles. The van der Waals surface area contributed by atoms with E-state index in [1.807, 2.05) is 0 Å². The lowest BCUT2D eigenvalue weighted by Gasteiger charge is -2.25. The first-order valence-electron chi connectivity index (χ1n) is 7.83. The topological polar surface area (TPSA) is 78.9 Å². The highest BCUT2D eigenvalue weighted by molar-refractivity contribution is 7.87. The fourth-order valence-electron chi connectivity index (χ4n) is 2.81. The third-order valence-corrected chi connectivity index (χ3v) is 5.50. The molecule has 27 heavy (non-hydrogen) atoms. The van der Waals surface area contributed by atoms with Gasteiger partial charge in [0, 0.05) is 0 Å². The predicted octanol–water partition coefficient (Wildman–Crippen LogP) is 3.11. The molecule has 3 rings (SSSR count). The highest BCUT2D eigenvalue weighted by atomic mass is 32.2. The maximum atomic E-state index is 12.9. The van der Waals surface area contributed by atoms with Gasteiger partial charge in [0.1, 0.15) is 5.75 Å². The maximum absolute atomic E-state index is 12.9. The van der Waals surface area contributed by atoms with Crippen LogP contribution in [0.1, 0.15) is 18.0 Å². The van der Waals surface area contributed by atoms with E-state index >= 15 is 0 Å². The minimum atomic E-state index is -4.44. The summed E-state index contributed by atoms with van der Waals surface area (Å²) >= 11 is 0. The quantitative estimate of drug-likeness (QED) is 0.597. The Morgan fingerprint density at radius 1 is 1.19 bits per heavy atom. The van der Waals surface area contributed by atoms with Crippen molar-refractivity contribution in [1.29, 1.82) is 0 Å². The Bertz CT molecular complexity index is 858. The lowest BCUT2D eigenvalue weighted by molar-refractivity contribution is -0.153. The molecular weight excluding hydrogens is 385 g/mol. The zero-order valence-electron chi connectivity index (χ0n) is 13.8. The van der Waals surface area contributed by atoms with Crippen LogP contribution in [-0.2, 0) is 15.8 Å². The molecule has 2 aromatic rings. The summed E-state index contributed by atoms with van der Waals surface area (Å²) in [5.41, 5.74) is 2.68. The van der Waals surface area contributed by atoms with Crippen LogP contribution in [0.3, 0.4) is 0 Å². The van der Waals surface area contributed by atoms with Crippen LogP contribution in [-0.4, -0.2) is 28.1 Å². The number of nitrogens with zero attached hydrogens (tertiary/aromatic N) is 1. The van der Waals surface area contributed by atoms with E-state index < -0.39 is 35.7 Å². The van der Waals surface area contributed by atoms with Crippen molar-refractivity contribution in [2.45, 2.75) is 23.5 Å². The molecule has 0 aliphatic carbocycles. The third-order valence-electron chi connectivity index (χ3n) is 3.93. The minimum absolute atomic E-state index is 0.0169. The van der Waals surface area contributed by atoms with E-state index in [0.717, 1.165) is 0 Å². The number of nitrogens with one attached hydrogen (secondary N) is 1. The number of amides is 1. The predicted molar refractivity (Wildman–Crippen MR) is 90.6 cm³/mol. The van der Waals surface area contributed by atoms with Gasteiger partial charge in [0.25, 0.3) is 0 Å². The highest BCUT2D eigenvalue weighted by Crippen LogP contribution is 2.42. The van der Waals surface area contributed by atoms with Crippen molar-refractivity contribution in [2.24, 2.45) is 0 Å². The Balaban J connectivity index is 1.87. The van der Waals surface area contributed by atoms with Crippen LogP contribution in [0, 0.1) is 0 Å². The molecule has 1 aliphatic rings. The largest absolute Gasteiger partial charge is 0.484 e. The van der Waals surface area contributed by atoms with Gasteiger partial charge < -0.3 is 4.74 Å². The molecule has 0 fully saturated rings. The number of benzene rings is 2. The Kier molecular flexibility index (Phi) is 5.38. The van der Waals surface area contributed by atoms with E-state index in [0.29, 0.717) is 16.1 Å². The molecule has 1 heterocycles. The summed E-state index contributed by atoms with van der Waals surface area (Å²) in [7, 11) is -1.61. The van der Waals surface area contributed by atoms with Crippen molar-refractivity contribution in [1.82, 2.24) is 5.48 Å². The molecule has 0 bridgehead atoms. The van der Waals surface area contributed by atoms with Gasteiger partial charge in [-0.25, -0.2) is 9.69 Å². The number of halogens is 3. The summed E-state index contributed by atoms with van der Waals surface area (Å²) in [6.07, 6.45) is -4.59. The van der Waals surface area contributed by atoms with E-state index in [1.165, 1.54) is 28.6 Å². The number of carbonyl (C=O) groups excluding carboxylic acids is 1. The number of rotatable bonds is 5. The zero-order chi connectivity index (χ0) is 19.6. The van der Waals surface area contributed by atoms with E-state index in [9.17, 15) is 22.2 Å². The number of alkyl halides is 3. The molecule has 0 radical (unpaired) electrons. The van der Waals surface area contributed by atoms with Crippen molar-refractivity contribution in [3.63, 3.8) is 0 Å². The molecule has 2 aromatic carbocycles. The number of carbonyl (C=O) groups is 1. The molecule has 2 N–H and O–H groups in total. The zero-order valence-corrected chi connectivity index (χ0v) is 14.6. The van der Waals surface area contributed by atoms with Gasteiger partial charge in [0.2, 0.25) is 5.91 Å². The van der Waals surface area contributed by atoms with Crippen molar-refractivity contribution in [2.75, 3.05) is 10.9 Å². The molecule has 2 unspecified atom stereocenters. The summed E-state index contributed by atoms with van der Waals surface area (Å²) in [4.78, 5) is 12.2. The van der Waals surface area contributed by atoms with E-state index in [4.69, 9.17) is 5.21 Å². The second-order valence-electron chi connectivity index (χ2n) is 5.77. The SMILES string of the molecule is O=C(CC1c2ccccc2S(=O)N1c1ccc(OCC(F)(F)F)cc1)NO. The van der Waals surface area contributed by atoms with Crippen molar-refractivity contribution >= 4 is 22.6 Å². The van der Waals surface area contributed by atoms with Gasteiger partial charge in [-0.15, -0.1) is 0 Å². The molecule has 1 aliphatic heterocycles. The number of fused-ring (bicyclic) bond motifs is 1. The number of anilines is 1. The van der Waals surface area contributed by atoms with E-state index in [2.05, 4.69) is 4.74 Å². The Morgan fingerprint density at radius 2 is 1.85 bits per heavy atom.